The first-order chi connectivity index (χ1) is 13.1. The highest BCUT2D eigenvalue weighted by Gasteiger charge is 2.15. The second kappa shape index (κ2) is 9.34. The summed E-state index contributed by atoms with van der Waals surface area (Å²) in [7, 11) is 0. The number of amides is 1. The van der Waals surface area contributed by atoms with Crippen LogP contribution in [0, 0.1) is 0 Å². The fraction of sp³-hybridized carbons (Fsp3) is 0.400. The van der Waals surface area contributed by atoms with Crippen molar-refractivity contribution in [3.05, 3.63) is 53.5 Å². The third-order valence-electron chi connectivity index (χ3n) is 4.00. The van der Waals surface area contributed by atoms with Crippen molar-refractivity contribution in [2.24, 2.45) is 5.10 Å². The predicted octanol–water partition coefficient (Wildman–Crippen LogP) is 2.66. The van der Waals surface area contributed by atoms with E-state index in [-0.39, 0.29) is 17.8 Å². The number of nitrogens with zero attached hydrogens (tertiary/aromatic N) is 2. The lowest BCUT2D eigenvalue weighted by Crippen LogP contribution is -2.35. The summed E-state index contributed by atoms with van der Waals surface area (Å²) in [5.41, 5.74) is 3.34. The number of carbonyl (C=O) groups excluding carboxylic acids is 1. The molecule has 0 radical (unpaired) electrons. The van der Waals surface area contributed by atoms with E-state index in [9.17, 15) is 4.79 Å². The summed E-state index contributed by atoms with van der Waals surface area (Å²) in [6, 6.07) is 11.0. The summed E-state index contributed by atoms with van der Waals surface area (Å²) in [5.74, 6) is 1.43. The number of hydrogen-bond acceptors (Lipinski definition) is 6. The lowest BCUT2D eigenvalue weighted by Gasteiger charge is -2.25. The molecule has 0 unspecified atom stereocenters. The molecule has 144 valence electrons. The fourth-order valence-electron chi connectivity index (χ4n) is 2.69. The van der Waals surface area contributed by atoms with Gasteiger partial charge in [0, 0.05) is 13.1 Å². The van der Waals surface area contributed by atoms with Crippen LogP contribution in [0.4, 0.5) is 0 Å². The highest BCUT2D eigenvalue weighted by molar-refractivity contribution is 5.92. The number of ether oxygens (including phenoxy) is 2. The number of hydrogen-bond donors (Lipinski definition) is 1. The largest absolute Gasteiger partial charge is 0.491 e. The van der Waals surface area contributed by atoms with Crippen molar-refractivity contribution in [2.45, 2.75) is 26.5 Å². The molecule has 0 saturated carbocycles. The molecule has 0 bridgehead atoms. The molecular weight excluding hydrogens is 346 g/mol. The van der Waals surface area contributed by atoms with Gasteiger partial charge in [-0.25, -0.2) is 5.43 Å². The third kappa shape index (κ3) is 5.94. The first-order valence-corrected chi connectivity index (χ1v) is 9.09. The van der Waals surface area contributed by atoms with E-state index in [1.165, 1.54) is 0 Å². The summed E-state index contributed by atoms with van der Waals surface area (Å²) in [4.78, 5) is 14.4. The minimum atomic E-state index is -0.376. The van der Waals surface area contributed by atoms with E-state index in [0.29, 0.717) is 6.54 Å². The summed E-state index contributed by atoms with van der Waals surface area (Å²) < 4.78 is 16.5. The Morgan fingerprint density at radius 3 is 2.67 bits per heavy atom. The Morgan fingerprint density at radius 2 is 1.96 bits per heavy atom. The number of furan rings is 1. The van der Waals surface area contributed by atoms with Crippen LogP contribution in [-0.4, -0.2) is 49.4 Å². The van der Waals surface area contributed by atoms with Gasteiger partial charge in [0.05, 0.1) is 32.1 Å². The van der Waals surface area contributed by atoms with E-state index in [1.54, 1.807) is 12.3 Å². The van der Waals surface area contributed by atoms with Gasteiger partial charge in [-0.1, -0.05) is 0 Å². The summed E-state index contributed by atoms with van der Waals surface area (Å²) >= 11 is 0. The topological polar surface area (TPSA) is 76.3 Å². The molecule has 1 amide bonds. The smallest absolute Gasteiger partial charge is 0.307 e. The monoisotopic (exact) mass is 371 g/mol. The second-order valence-electron chi connectivity index (χ2n) is 6.59. The maximum Gasteiger partial charge on any atom is 0.307 e. The molecule has 27 heavy (non-hydrogen) atoms. The van der Waals surface area contributed by atoms with Crippen LogP contribution in [0.25, 0.3) is 0 Å². The normalized spacial score (nSPS) is 15.4. The Bertz CT molecular complexity index is 762. The molecule has 2 heterocycles. The molecule has 0 atom stereocenters. The molecule has 1 saturated heterocycles. The molecule has 0 aliphatic carbocycles. The Balaban J connectivity index is 1.49. The molecule has 7 nitrogen and oxygen atoms in total. The summed E-state index contributed by atoms with van der Waals surface area (Å²) in [6.07, 6.45) is 1.71. The number of rotatable bonds is 7. The first kappa shape index (κ1) is 19.1. The SMILES string of the molecule is CC(C)Oc1ccc(C=NNC(=O)c2ccc(CN3CCOCC3)o2)cc1. The molecule has 1 aromatic carbocycles. The van der Waals surface area contributed by atoms with Gasteiger partial charge in [0.25, 0.3) is 0 Å². The van der Waals surface area contributed by atoms with E-state index in [1.807, 2.05) is 44.2 Å². The first-order valence-electron chi connectivity index (χ1n) is 9.09. The van der Waals surface area contributed by atoms with Gasteiger partial charge >= 0.3 is 5.91 Å². The van der Waals surface area contributed by atoms with Crippen LogP contribution in [0.5, 0.6) is 5.75 Å². The van der Waals surface area contributed by atoms with Crippen LogP contribution >= 0.6 is 0 Å². The minimum Gasteiger partial charge on any atom is -0.491 e. The van der Waals surface area contributed by atoms with E-state index in [4.69, 9.17) is 13.9 Å². The highest BCUT2D eigenvalue weighted by Crippen LogP contribution is 2.13. The van der Waals surface area contributed by atoms with Crippen LogP contribution in [-0.2, 0) is 11.3 Å². The van der Waals surface area contributed by atoms with E-state index in [2.05, 4.69) is 15.4 Å². The fourth-order valence-corrected chi connectivity index (χ4v) is 2.69. The van der Waals surface area contributed by atoms with Gasteiger partial charge in [0.15, 0.2) is 5.76 Å². The van der Waals surface area contributed by atoms with Gasteiger partial charge in [-0.3, -0.25) is 9.69 Å². The van der Waals surface area contributed by atoms with Gasteiger partial charge in [-0.05, 0) is 55.8 Å². The molecule has 1 aromatic heterocycles. The Morgan fingerprint density at radius 1 is 1.22 bits per heavy atom. The Kier molecular flexibility index (Phi) is 6.62. The van der Waals surface area contributed by atoms with Gasteiger partial charge in [-0.15, -0.1) is 0 Å². The number of nitrogens with one attached hydrogen (secondary N) is 1. The highest BCUT2D eigenvalue weighted by atomic mass is 16.5. The van der Waals surface area contributed by atoms with E-state index in [0.717, 1.165) is 43.4 Å². The van der Waals surface area contributed by atoms with Gasteiger partial charge < -0.3 is 13.9 Å². The number of benzene rings is 1. The third-order valence-corrected chi connectivity index (χ3v) is 4.00. The van der Waals surface area contributed by atoms with Gasteiger partial charge in [0.2, 0.25) is 0 Å². The molecule has 7 heteroatoms. The van der Waals surface area contributed by atoms with Crippen molar-refractivity contribution >= 4 is 12.1 Å². The number of morpholine rings is 1. The standard InChI is InChI=1S/C20H25N3O4/c1-15(2)26-17-5-3-16(4-6-17)13-21-22-20(24)19-8-7-18(27-19)14-23-9-11-25-12-10-23/h3-8,13,15H,9-12,14H2,1-2H3,(H,22,24). The zero-order chi connectivity index (χ0) is 19.1. The predicted molar refractivity (Wildman–Crippen MR) is 102 cm³/mol. The van der Waals surface area contributed by atoms with Crippen LogP contribution < -0.4 is 10.2 Å². The van der Waals surface area contributed by atoms with Gasteiger partial charge in [0.1, 0.15) is 11.5 Å². The zero-order valence-electron chi connectivity index (χ0n) is 15.7. The summed E-state index contributed by atoms with van der Waals surface area (Å²) in [5, 5.41) is 3.98. The van der Waals surface area contributed by atoms with Crippen molar-refractivity contribution in [3.8, 4) is 5.75 Å². The van der Waals surface area contributed by atoms with Gasteiger partial charge in [-0.2, -0.15) is 5.10 Å². The molecule has 1 N–H and O–H groups in total. The van der Waals surface area contributed by atoms with Crippen molar-refractivity contribution in [2.75, 3.05) is 26.3 Å². The van der Waals surface area contributed by atoms with Crippen LogP contribution in [0.15, 0.2) is 45.9 Å². The maximum atomic E-state index is 12.1. The minimum absolute atomic E-state index is 0.130. The Labute approximate surface area is 158 Å². The van der Waals surface area contributed by atoms with Crippen LogP contribution in [0.2, 0.25) is 0 Å². The van der Waals surface area contributed by atoms with Crippen LogP contribution in [0.1, 0.15) is 35.7 Å². The molecule has 1 aliphatic heterocycles. The Hall–Kier alpha value is -2.64. The maximum absolute atomic E-state index is 12.1. The average molecular weight is 371 g/mol. The van der Waals surface area contributed by atoms with Crippen LogP contribution in [0.3, 0.4) is 0 Å². The second-order valence-corrected chi connectivity index (χ2v) is 6.59. The molecule has 2 aromatic rings. The molecule has 0 spiro atoms. The molecule has 1 fully saturated rings. The number of hydrazone groups is 1. The summed E-state index contributed by atoms with van der Waals surface area (Å²) in [6.45, 7) is 7.82. The van der Waals surface area contributed by atoms with Crippen molar-refractivity contribution < 1.29 is 18.7 Å². The quantitative estimate of drug-likeness (QED) is 0.598. The van der Waals surface area contributed by atoms with E-state index >= 15 is 0 Å². The molecule has 3 rings (SSSR count). The lowest BCUT2D eigenvalue weighted by molar-refractivity contribution is 0.0311. The average Bonchev–Trinajstić information content (AvgIpc) is 3.12. The van der Waals surface area contributed by atoms with Crippen molar-refractivity contribution in [1.29, 1.82) is 0 Å². The van der Waals surface area contributed by atoms with Crippen molar-refractivity contribution in [1.82, 2.24) is 10.3 Å². The lowest BCUT2D eigenvalue weighted by atomic mass is 10.2. The molecular formula is C20H25N3O4. The molecule has 1 aliphatic rings. The number of carbonyl (C=O) groups is 1. The van der Waals surface area contributed by atoms with E-state index < -0.39 is 0 Å². The van der Waals surface area contributed by atoms with Crippen molar-refractivity contribution in [3.63, 3.8) is 0 Å². The zero-order valence-corrected chi connectivity index (χ0v) is 15.7.